The standard InChI is InChI=1S/C22H32N6OS/c1-16-4-3-5-20-25-19(15-28(16)20)14-24-22(23-2)26-18-8-6-17(7-9-18)21(29)27-10-12-30-13-11-27/h3-5,15,17-18H,6-14H2,1-2H3,(H2,23,24,26). The summed E-state index contributed by atoms with van der Waals surface area (Å²) in [6.07, 6.45) is 6.01. The first kappa shape index (κ1) is 21.0. The van der Waals surface area contributed by atoms with Gasteiger partial charge in [-0.15, -0.1) is 0 Å². The van der Waals surface area contributed by atoms with Crippen LogP contribution in [0.4, 0.5) is 0 Å². The van der Waals surface area contributed by atoms with Gasteiger partial charge >= 0.3 is 0 Å². The summed E-state index contributed by atoms with van der Waals surface area (Å²) in [4.78, 5) is 23.9. The fourth-order valence-electron chi connectivity index (χ4n) is 4.37. The summed E-state index contributed by atoms with van der Waals surface area (Å²) in [5.41, 5.74) is 3.12. The van der Waals surface area contributed by atoms with Crippen LogP contribution < -0.4 is 10.6 Å². The summed E-state index contributed by atoms with van der Waals surface area (Å²) >= 11 is 1.95. The molecule has 2 fully saturated rings. The van der Waals surface area contributed by atoms with Gasteiger partial charge in [-0.3, -0.25) is 9.79 Å². The van der Waals surface area contributed by atoms with Crippen molar-refractivity contribution >= 4 is 29.3 Å². The highest BCUT2D eigenvalue weighted by molar-refractivity contribution is 7.99. The van der Waals surface area contributed by atoms with Crippen molar-refractivity contribution in [3.8, 4) is 0 Å². The van der Waals surface area contributed by atoms with Crippen LogP contribution in [0.5, 0.6) is 0 Å². The zero-order chi connectivity index (χ0) is 20.9. The zero-order valence-electron chi connectivity index (χ0n) is 17.9. The van der Waals surface area contributed by atoms with E-state index in [0.29, 0.717) is 18.5 Å². The highest BCUT2D eigenvalue weighted by Gasteiger charge is 2.30. The van der Waals surface area contributed by atoms with E-state index in [1.807, 2.05) is 23.9 Å². The summed E-state index contributed by atoms with van der Waals surface area (Å²) in [5, 5.41) is 6.92. The summed E-state index contributed by atoms with van der Waals surface area (Å²) < 4.78 is 2.10. The van der Waals surface area contributed by atoms with Crippen molar-refractivity contribution in [2.75, 3.05) is 31.6 Å². The van der Waals surface area contributed by atoms with Gasteiger partial charge in [0.15, 0.2) is 5.96 Å². The molecule has 0 atom stereocenters. The van der Waals surface area contributed by atoms with E-state index < -0.39 is 0 Å². The monoisotopic (exact) mass is 428 g/mol. The largest absolute Gasteiger partial charge is 0.354 e. The Morgan fingerprint density at radius 1 is 1.23 bits per heavy atom. The molecule has 0 unspecified atom stereocenters. The van der Waals surface area contributed by atoms with Crippen molar-refractivity contribution < 1.29 is 4.79 Å². The molecule has 4 rings (SSSR count). The molecule has 1 saturated carbocycles. The lowest BCUT2D eigenvalue weighted by molar-refractivity contribution is -0.136. The van der Waals surface area contributed by atoms with Crippen molar-refractivity contribution in [1.82, 2.24) is 24.9 Å². The fourth-order valence-corrected chi connectivity index (χ4v) is 5.28. The smallest absolute Gasteiger partial charge is 0.225 e. The number of guanidine groups is 1. The third-order valence-electron chi connectivity index (χ3n) is 6.15. The van der Waals surface area contributed by atoms with E-state index in [1.165, 1.54) is 5.69 Å². The van der Waals surface area contributed by atoms with E-state index in [9.17, 15) is 4.79 Å². The van der Waals surface area contributed by atoms with E-state index in [2.05, 4.69) is 49.1 Å². The van der Waals surface area contributed by atoms with E-state index >= 15 is 0 Å². The van der Waals surface area contributed by atoms with Crippen LogP contribution in [-0.2, 0) is 11.3 Å². The van der Waals surface area contributed by atoms with E-state index in [-0.39, 0.29) is 5.92 Å². The Morgan fingerprint density at radius 3 is 2.70 bits per heavy atom. The van der Waals surface area contributed by atoms with Crippen molar-refractivity contribution in [2.45, 2.75) is 45.2 Å². The molecule has 2 N–H and O–H groups in total. The molecule has 1 aliphatic heterocycles. The maximum absolute atomic E-state index is 12.7. The normalized spacial score (nSPS) is 22.9. The average molecular weight is 429 g/mol. The Bertz CT molecular complexity index is 896. The highest BCUT2D eigenvalue weighted by Crippen LogP contribution is 2.27. The predicted molar refractivity (Wildman–Crippen MR) is 123 cm³/mol. The van der Waals surface area contributed by atoms with E-state index in [4.69, 9.17) is 0 Å². The molecule has 2 aliphatic rings. The molecule has 2 aromatic heterocycles. The number of thioether (sulfide) groups is 1. The van der Waals surface area contributed by atoms with Crippen LogP contribution in [0.1, 0.15) is 37.1 Å². The van der Waals surface area contributed by atoms with Crippen molar-refractivity contribution in [2.24, 2.45) is 10.9 Å². The minimum atomic E-state index is 0.197. The SMILES string of the molecule is CN=C(NCc1cn2c(C)cccc2n1)NC1CCC(C(=O)N2CCSCC2)CC1. The van der Waals surface area contributed by atoms with Gasteiger partial charge in [0.25, 0.3) is 0 Å². The topological polar surface area (TPSA) is 74.0 Å². The maximum Gasteiger partial charge on any atom is 0.225 e. The molecule has 8 heteroatoms. The maximum atomic E-state index is 12.7. The lowest BCUT2D eigenvalue weighted by Gasteiger charge is -2.34. The minimum absolute atomic E-state index is 0.197. The van der Waals surface area contributed by atoms with Gasteiger partial charge in [0, 0.05) is 55.5 Å². The number of hydrogen-bond acceptors (Lipinski definition) is 4. The van der Waals surface area contributed by atoms with Gasteiger partial charge in [0.1, 0.15) is 5.65 Å². The molecular weight excluding hydrogens is 396 g/mol. The second-order valence-corrected chi connectivity index (χ2v) is 9.41. The van der Waals surface area contributed by atoms with E-state index in [0.717, 1.165) is 67.6 Å². The van der Waals surface area contributed by atoms with Crippen LogP contribution in [0, 0.1) is 12.8 Å². The highest BCUT2D eigenvalue weighted by atomic mass is 32.2. The number of rotatable bonds is 4. The first-order valence-corrected chi connectivity index (χ1v) is 12.1. The Balaban J connectivity index is 1.25. The molecule has 7 nitrogen and oxygen atoms in total. The van der Waals surface area contributed by atoms with Gasteiger partial charge in [-0.05, 0) is 44.7 Å². The average Bonchev–Trinajstić information content (AvgIpc) is 3.22. The molecule has 30 heavy (non-hydrogen) atoms. The molecule has 0 spiro atoms. The molecule has 2 aromatic rings. The summed E-state index contributed by atoms with van der Waals surface area (Å²) in [6, 6.07) is 6.49. The number of amides is 1. The van der Waals surface area contributed by atoms with E-state index in [1.54, 1.807) is 7.05 Å². The van der Waals surface area contributed by atoms with Gasteiger partial charge in [-0.25, -0.2) is 4.98 Å². The van der Waals surface area contributed by atoms with Gasteiger partial charge in [0.2, 0.25) is 5.91 Å². The number of nitrogens with one attached hydrogen (secondary N) is 2. The number of aryl methyl sites for hydroxylation is 1. The number of hydrogen-bond donors (Lipinski definition) is 2. The zero-order valence-corrected chi connectivity index (χ0v) is 18.7. The Morgan fingerprint density at radius 2 is 2.00 bits per heavy atom. The molecule has 3 heterocycles. The van der Waals surface area contributed by atoms with Crippen LogP contribution in [0.2, 0.25) is 0 Å². The molecule has 1 saturated heterocycles. The first-order chi connectivity index (χ1) is 14.6. The van der Waals surface area contributed by atoms with Crippen LogP contribution in [0.25, 0.3) is 5.65 Å². The number of aromatic nitrogens is 2. The van der Waals surface area contributed by atoms with Gasteiger partial charge in [-0.2, -0.15) is 11.8 Å². The molecule has 1 aliphatic carbocycles. The number of aliphatic imine (C=N–C) groups is 1. The van der Waals surface area contributed by atoms with Gasteiger partial charge in [0.05, 0.1) is 12.2 Å². The Hall–Kier alpha value is -2.22. The summed E-state index contributed by atoms with van der Waals surface area (Å²) in [7, 11) is 1.80. The lowest BCUT2D eigenvalue weighted by atomic mass is 9.85. The summed E-state index contributed by atoms with van der Waals surface area (Å²) in [6.45, 7) is 4.54. The molecule has 0 radical (unpaired) electrons. The second kappa shape index (κ2) is 9.73. The van der Waals surface area contributed by atoms with Crippen LogP contribution in [-0.4, -0.2) is 63.8 Å². The number of carbonyl (C=O) groups excluding carboxylic acids is 1. The molecule has 0 bridgehead atoms. The van der Waals surface area contributed by atoms with Gasteiger partial charge in [-0.1, -0.05) is 6.07 Å². The molecule has 162 valence electrons. The number of carbonyl (C=O) groups is 1. The van der Waals surface area contributed by atoms with Gasteiger partial charge < -0.3 is 19.9 Å². The van der Waals surface area contributed by atoms with Crippen LogP contribution in [0.15, 0.2) is 29.4 Å². The third-order valence-corrected chi connectivity index (χ3v) is 7.09. The first-order valence-electron chi connectivity index (χ1n) is 10.9. The minimum Gasteiger partial charge on any atom is -0.354 e. The van der Waals surface area contributed by atoms with Crippen molar-refractivity contribution in [3.05, 3.63) is 35.8 Å². The number of imidazole rings is 1. The Kier molecular flexibility index (Phi) is 6.82. The number of fused-ring (bicyclic) bond motifs is 1. The van der Waals surface area contributed by atoms with Crippen LogP contribution in [0.3, 0.4) is 0 Å². The number of nitrogens with zero attached hydrogens (tertiary/aromatic N) is 4. The quantitative estimate of drug-likeness (QED) is 0.578. The molecule has 1 amide bonds. The lowest BCUT2D eigenvalue weighted by Crippen LogP contribution is -2.47. The van der Waals surface area contributed by atoms with Crippen molar-refractivity contribution in [1.29, 1.82) is 0 Å². The second-order valence-electron chi connectivity index (χ2n) is 8.18. The van der Waals surface area contributed by atoms with Crippen LogP contribution >= 0.6 is 11.8 Å². The fraction of sp³-hybridized carbons (Fsp3) is 0.591. The Labute approximate surface area is 182 Å². The molecule has 0 aromatic carbocycles. The molecular formula is C22H32N6OS. The van der Waals surface area contributed by atoms with Crippen molar-refractivity contribution in [3.63, 3.8) is 0 Å². The third kappa shape index (κ3) is 4.91. The predicted octanol–water partition coefficient (Wildman–Crippen LogP) is 2.44. The number of pyridine rings is 1. The summed E-state index contributed by atoms with van der Waals surface area (Å²) in [5.74, 6) is 3.53.